The van der Waals surface area contributed by atoms with Crippen molar-refractivity contribution in [3.63, 3.8) is 0 Å². The summed E-state index contributed by atoms with van der Waals surface area (Å²) in [5, 5.41) is 13.0. The largest absolute Gasteiger partial charge is 0.393 e. The van der Waals surface area contributed by atoms with E-state index in [1.54, 1.807) is 0 Å². The van der Waals surface area contributed by atoms with E-state index in [1.807, 2.05) is 6.07 Å². The SMILES string of the molecule is Nc1nc(NCC2CCN(CCc3ccccc3)CC2)cc(C2CC(O)C2)n1. The van der Waals surface area contributed by atoms with E-state index in [9.17, 15) is 5.11 Å². The van der Waals surface area contributed by atoms with Crippen molar-refractivity contribution in [2.24, 2.45) is 5.92 Å². The maximum Gasteiger partial charge on any atom is 0.222 e. The monoisotopic (exact) mass is 381 g/mol. The third kappa shape index (κ3) is 5.00. The first-order valence-electron chi connectivity index (χ1n) is 10.5. The van der Waals surface area contributed by atoms with Gasteiger partial charge in [-0.3, -0.25) is 0 Å². The van der Waals surface area contributed by atoms with Crippen molar-refractivity contribution in [3.8, 4) is 0 Å². The predicted molar refractivity (Wildman–Crippen MR) is 112 cm³/mol. The van der Waals surface area contributed by atoms with Gasteiger partial charge in [0.1, 0.15) is 5.82 Å². The highest BCUT2D eigenvalue weighted by atomic mass is 16.3. The molecule has 2 aliphatic rings. The zero-order valence-corrected chi connectivity index (χ0v) is 16.4. The Morgan fingerprint density at radius 1 is 1.11 bits per heavy atom. The van der Waals surface area contributed by atoms with Crippen LogP contribution in [-0.2, 0) is 6.42 Å². The van der Waals surface area contributed by atoms with Crippen LogP contribution in [0.15, 0.2) is 36.4 Å². The Labute approximate surface area is 167 Å². The summed E-state index contributed by atoms with van der Waals surface area (Å²) in [6, 6.07) is 12.7. The smallest absolute Gasteiger partial charge is 0.222 e. The molecule has 2 heterocycles. The van der Waals surface area contributed by atoms with E-state index in [-0.39, 0.29) is 6.10 Å². The van der Waals surface area contributed by atoms with Gasteiger partial charge in [0.2, 0.25) is 5.95 Å². The topological polar surface area (TPSA) is 87.3 Å². The average Bonchev–Trinajstić information content (AvgIpc) is 2.69. The van der Waals surface area contributed by atoms with Gasteiger partial charge >= 0.3 is 0 Å². The van der Waals surface area contributed by atoms with Crippen LogP contribution in [0, 0.1) is 5.92 Å². The molecule has 6 heteroatoms. The van der Waals surface area contributed by atoms with E-state index in [0.29, 0.717) is 17.8 Å². The minimum Gasteiger partial charge on any atom is -0.393 e. The Bertz CT molecular complexity index is 755. The van der Waals surface area contributed by atoms with Crippen molar-refractivity contribution < 1.29 is 5.11 Å². The number of aliphatic hydroxyl groups is 1. The van der Waals surface area contributed by atoms with Crippen LogP contribution in [-0.4, -0.2) is 52.3 Å². The number of benzene rings is 1. The maximum atomic E-state index is 9.52. The first kappa shape index (κ1) is 19.2. The van der Waals surface area contributed by atoms with Crippen LogP contribution in [0.1, 0.15) is 42.9 Å². The van der Waals surface area contributed by atoms with Crippen molar-refractivity contribution in [3.05, 3.63) is 47.7 Å². The molecule has 2 fully saturated rings. The molecule has 28 heavy (non-hydrogen) atoms. The number of nitrogens with two attached hydrogens (primary N) is 1. The van der Waals surface area contributed by atoms with E-state index in [2.05, 4.69) is 50.5 Å². The molecule has 1 aliphatic heterocycles. The number of nitrogens with one attached hydrogen (secondary N) is 1. The van der Waals surface area contributed by atoms with Gasteiger partial charge in [0.15, 0.2) is 0 Å². The second-order valence-electron chi connectivity index (χ2n) is 8.26. The summed E-state index contributed by atoms with van der Waals surface area (Å²) >= 11 is 0. The summed E-state index contributed by atoms with van der Waals surface area (Å²) in [6.07, 6.45) is 4.91. The molecule has 0 atom stereocenters. The van der Waals surface area contributed by atoms with Crippen LogP contribution in [0.25, 0.3) is 0 Å². The van der Waals surface area contributed by atoms with Crippen LogP contribution in [0.5, 0.6) is 0 Å². The van der Waals surface area contributed by atoms with Gasteiger partial charge < -0.3 is 21.1 Å². The number of aromatic nitrogens is 2. The van der Waals surface area contributed by atoms with E-state index in [1.165, 1.54) is 18.4 Å². The fourth-order valence-electron chi connectivity index (χ4n) is 4.21. The number of nitrogens with zero attached hydrogens (tertiary/aromatic N) is 3. The molecule has 2 aromatic rings. The summed E-state index contributed by atoms with van der Waals surface area (Å²) in [7, 11) is 0. The third-order valence-corrected chi connectivity index (χ3v) is 6.13. The molecule has 4 rings (SSSR count). The molecule has 1 aromatic heterocycles. The molecule has 0 bridgehead atoms. The van der Waals surface area contributed by atoms with Gasteiger partial charge in [-0.2, -0.15) is 4.98 Å². The summed E-state index contributed by atoms with van der Waals surface area (Å²) in [4.78, 5) is 11.3. The molecule has 1 aromatic carbocycles. The van der Waals surface area contributed by atoms with E-state index in [0.717, 1.165) is 57.0 Å². The van der Waals surface area contributed by atoms with Crippen molar-refractivity contribution in [2.75, 3.05) is 37.2 Å². The van der Waals surface area contributed by atoms with E-state index in [4.69, 9.17) is 5.73 Å². The van der Waals surface area contributed by atoms with Gasteiger partial charge in [-0.05, 0) is 56.7 Å². The predicted octanol–water partition coefficient (Wildman–Crippen LogP) is 2.66. The first-order chi connectivity index (χ1) is 13.7. The first-order valence-corrected chi connectivity index (χ1v) is 10.5. The van der Waals surface area contributed by atoms with Gasteiger partial charge in [0, 0.05) is 25.1 Å². The van der Waals surface area contributed by atoms with E-state index < -0.39 is 0 Å². The summed E-state index contributed by atoms with van der Waals surface area (Å²) < 4.78 is 0. The number of anilines is 2. The Morgan fingerprint density at radius 2 is 1.86 bits per heavy atom. The Morgan fingerprint density at radius 3 is 2.57 bits per heavy atom. The third-order valence-electron chi connectivity index (χ3n) is 6.13. The lowest BCUT2D eigenvalue weighted by Gasteiger charge is -2.32. The molecule has 6 nitrogen and oxygen atoms in total. The molecule has 0 amide bonds. The average molecular weight is 382 g/mol. The minimum absolute atomic E-state index is 0.190. The fourth-order valence-corrected chi connectivity index (χ4v) is 4.21. The standard InChI is InChI=1S/C22H31N5O/c23-22-25-20(18-12-19(28)13-18)14-21(26-22)24-15-17-7-10-27(11-8-17)9-6-16-4-2-1-3-5-16/h1-5,14,17-19,28H,6-13,15H2,(H3,23,24,25,26). The maximum absolute atomic E-state index is 9.52. The zero-order valence-electron chi connectivity index (χ0n) is 16.4. The molecule has 0 unspecified atom stereocenters. The number of likely N-dealkylation sites (tertiary alicyclic amines) is 1. The number of hydrogen-bond acceptors (Lipinski definition) is 6. The van der Waals surface area contributed by atoms with Crippen LogP contribution in [0.2, 0.25) is 0 Å². The lowest BCUT2D eigenvalue weighted by molar-refractivity contribution is 0.0732. The highest BCUT2D eigenvalue weighted by Gasteiger charge is 2.30. The molecule has 0 spiro atoms. The minimum atomic E-state index is -0.190. The molecule has 1 saturated carbocycles. The van der Waals surface area contributed by atoms with Crippen molar-refractivity contribution in [1.82, 2.24) is 14.9 Å². The molecule has 4 N–H and O–H groups in total. The molecular weight excluding hydrogens is 350 g/mol. The highest BCUT2D eigenvalue weighted by molar-refractivity contribution is 5.42. The molecular formula is C22H31N5O. The number of nitrogen functional groups attached to an aromatic ring is 1. The Kier molecular flexibility index (Phi) is 6.07. The molecule has 150 valence electrons. The lowest BCUT2D eigenvalue weighted by Crippen LogP contribution is -2.37. The number of rotatable bonds is 7. The van der Waals surface area contributed by atoms with Crippen LogP contribution in [0.3, 0.4) is 0 Å². The van der Waals surface area contributed by atoms with Crippen molar-refractivity contribution in [1.29, 1.82) is 0 Å². The number of aliphatic hydroxyl groups excluding tert-OH is 1. The number of piperidine rings is 1. The van der Waals surface area contributed by atoms with Crippen LogP contribution >= 0.6 is 0 Å². The second-order valence-corrected chi connectivity index (χ2v) is 8.26. The van der Waals surface area contributed by atoms with Gasteiger partial charge in [-0.15, -0.1) is 0 Å². The quantitative estimate of drug-likeness (QED) is 0.683. The Balaban J connectivity index is 1.21. The molecule has 1 saturated heterocycles. The normalized spacial score (nSPS) is 23.3. The van der Waals surface area contributed by atoms with Gasteiger partial charge in [-0.1, -0.05) is 30.3 Å². The summed E-state index contributed by atoms with van der Waals surface area (Å²) in [6.45, 7) is 4.39. The van der Waals surface area contributed by atoms with Gasteiger partial charge in [0.25, 0.3) is 0 Å². The lowest BCUT2D eigenvalue weighted by atomic mass is 9.80. The molecule has 1 aliphatic carbocycles. The van der Waals surface area contributed by atoms with E-state index >= 15 is 0 Å². The molecule has 0 radical (unpaired) electrons. The van der Waals surface area contributed by atoms with Gasteiger partial charge in [-0.25, -0.2) is 4.98 Å². The summed E-state index contributed by atoms with van der Waals surface area (Å²) in [5.41, 5.74) is 8.26. The Hall–Kier alpha value is -2.18. The highest BCUT2D eigenvalue weighted by Crippen LogP contribution is 2.36. The summed E-state index contributed by atoms with van der Waals surface area (Å²) in [5.74, 6) is 2.11. The van der Waals surface area contributed by atoms with Crippen molar-refractivity contribution in [2.45, 2.75) is 44.1 Å². The van der Waals surface area contributed by atoms with Crippen LogP contribution in [0.4, 0.5) is 11.8 Å². The van der Waals surface area contributed by atoms with Gasteiger partial charge in [0.05, 0.1) is 11.8 Å². The second kappa shape index (κ2) is 8.88. The number of hydrogen-bond donors (Lipinski definition) is 3. The zero-order chi connectivity index (χ0) is 19.3. The van der Waals surface area contributed by atoms with Crippen molar-refractivity contribution >= 4 is 11.8 Å². The van der Waals surface area contributed by atoms with Crippen LogP contribution < -0.4 is 11.1 Å². The fraction of sp³-hybridized carbons (Fsp3) is 0.545.